The van der Waals surface area contributed by atoms with Crippen LogP contribution in [0.15, 0.2) is 0 Å². The minimum Gasteiger partial charge on any atom is -0.0654 e. The zero-order valence-corrected chi connectivity index (χ0v) is 31.5. The van der Waals surface area contributed by atoms with Gasteiger partial charge in [-0.2, -0.15) is 0 Å². The molecule has 0 saturated heterocycles. The Labute approximate surface area is 276 Å². The molecule has 0 rings (SSSR count). The Bertz CT molecular complexity index is 480. The topological polar surface area (TPSA) is 0 Å². The third kappa shape index (κ3) is 36.3. The summed E-state index contributed by atoms with van der Waals surface area (Å²) in [6.07, 6.45) is 51.6. The normalized spacial score (nSPS) is 13.9. The fourth-order valence-corrected chi connectivity index (χ4v) is 7.26. The molecule has 0 aromatic carbocycles. The van der Waals surface area contributed by atoms with E-state index in [9.17, 15) is 0 Å². The average molecular weight is 605 g/mol. The van der Waals surface area contributed by atoms with Gasteiger partial charge in [0.2, 0.25) is 0 Å². The molecule has 0 heteroatoms. The van der Waals surface area contributed by atoms with Gasteiger partial charge in [0.15, 0.2) is 0 Å². The summed E-state index contributed by atoms with van der Waals surface area (Å²) in [6.45, 7) is 12.0. The van der Waals surface area contributed by atoms with Crippen LogP contribution in [-0.4, -0.2) is 0 Å². The predicted molar refractivity (Wildman–Crippen MR) is 200 cm³/mol. The van der Waals surface area contributed by atoms with Gasteiger partial charge in [-0.25, -0.2) is 0 Å². The van der Waals surface area contributed by atoms with Gasteiger partial charge in [-0.1, -0.05) is 253 Å². The molecule has 260 valence electrons. The molecule has 0 radical (unpaired) electrons. The molecule has 0 aliphatic rings. The van der Waals surface area contributed by atoms with E-state index in [1.807, 2.05) is 0 Å². The van der Waals surface area contributed by atoms with Gasteiger partial charge < -0.3 is 0 Å². The van der Waals surface area contributed by atoms with Crippen LogP contribution in [0.25, 0.3) is 0 Å². The van der Waals surface area contributed by atoms with Crippen molar-refractivity contribution in [3.8, 4) is 0 Å². The lowest BCUT2D eigenvalue weighted by Crippen LogP contribution is -2.02. The summed E-state index contributed by atoms with van der Waals surface area (Å²) in [5.74, 6) is 2.83. The average Bonchev–Trinajstić information content (AvgIpc) is 3.00. The summed E-state index contributed by atoms with van der Waals surface area (Å²) in [5.41, 5.74) is 0. The first-order chi connectivity index (χ1) is 21.1. The van der Waals surface area contributed by atoms with Crippen molar-refractivity contribution in [2.24, 2.45) is 17.8 Å². The van der Waals surface area contributed by atoms with Crippen molar-refractivity contribution in [1.29, 1.82) is 0 Å². The van der Waals surface area contributed by atoms with E-state index in [1.165, 1.54) is 225 Å². The minimum absolute atomic E-state index is 0.923. The van der Waals surface area contributed by atoms with Crippen molar-refractivity contribution in [1.82, 2.24) is 0 Å². The molecular weight excluding hydrogens is 516 g/mol. The zero-order valence-electron chi connectivity index (χ0n) is 31.5. The predicted octanol–water partition coefficient (Wildman–Crippen LogP) is 16.6. The standard InChI is InChI=1S/C43H88/c1-6-8-9-10-11-12-13-14-19-22-25-28-31-34-37-42(4)38-35-32-29-26-23-20-17-15-16-18-21-24-27-30-33-36-39-43(5)40-41(3)7-2/h41-43H,6-40H2,1-5H3. The Morgan fingerprint density at radius 1 is 0.256 bits per heavy atom. The van der Waals surface area contributed by atoms with Crippen molar-refractivity contribution in [2.75, 3.05) is 0 Å². The Hall–Kier alpha value is 0. The number of hydrogen-bond acceptors (Lipinski definition) is 0. The fraction of sp³-hybridized carbons (Fsp3) is 1.00. The largest absolute Gasteiger partial charge is 0.0654 e. The number of rotatable bonds is 37. The third-order valence-electron chi connectivity index (χ3n) is 10.7. The van der Waals surface area contributed by atoms with Crippen LogP contribution in [0.2, 0.25) is 0 Å². The fourth-order valence-electron chi connectivity index (χ4n) is 7.26. The maximum atomic E-state index is 2.51. The maximum Gasteiger partial charge on any atom is -0.0440 e. The molecule has 0 aromatic rings. The molecule has 3 unspecified atom stereocenters. The Kier molecular flexibility index (Phi) is 36.5. The zero-order chi connectivity index (χ0) is 31.5. The molecule has 0 aliphatic heterocycles. The maximum absolute atomic E-state index is 2.51. The van der Waals surface area contributed by atoms with Gasteiger partial charge in [-0.3, -0.25) is 0 Å². The van der Waals surface area contributed by atoms with E-state index in [2.05, 4.69) is 34.6 Å². The molecule has 0 N–H and O–H groups in total. The van der Waals surface area contributed by atoms with Gasteiger partial charge in [-0.15, -0.1) is 0 Å². The van der Waals surface area contributed by atoms with Crippen molar-refractivity contribution in [3.63, 3.8) is 0 Å². The summed E-state index contributed by atoms with van der Waals surface area (Å²) < 4.78 is 0. The van der Waals surface area contributed by atoms with Gasteiger partial charge in [-0.05, 0) is 24.2 Å². The highest BCUT2D eigenvalue weighted by molar-refractivity contribution is 4.60. The molecule has 0 saturated carbocycles. The van der Waals surface area contributed by atoms with E-state index >= 15 is 0 Å². The summed E-state index contributed by atoms with van der Waals surface area (Å²) >= 11 is 0. The molecule has 0 aromatic heterocycles. The highest BCUT2D eigenvalue weighted by Gasteiger charge is 2.07. The number of unbranched alkanes of at least 4 members (excludes halogenated alkanes) is 28. The lowest BCUT2D eigenvalue weighted by molar-refractivity contribution is 0.374. The molecule has 3 atom stereocenters. The highest BCUT2D eigenvalue weighted by atomic mass is 14.1. The summed E-state index contributed by atoms with van der Waals surface area (Å²) in [4.78, 5) is 0. The van der Waals surface area contributed by atoms with Gasteiger partial charge in [0, 0.05) is 0 Å². The SMILES string of the molecule is CCCCCCCCCCCCCCCCC(C)CCCCCCCCCCCCCCCCCCC(C)CC(C)CC. The van der Waals surface area contributed by atoms with E-state index in [1.54, 1.807) is 0 Å². The van der Waals surface area contributed by atoms with Crippen LogP contribution < -0.4 is 0 Å². The highest BCUT2D eigenvalue weighted by Crippen LogP contribution is 2.22. The van der Waals surface area contributed by atoms with Crippen LogP contribution in [0.1, 0.15) is 259 Å². The summed E-state index contributed by atoms with van der Waals surface area (Å²) in [7, 11) is 0. The molecule has 0 spiro atoms. The van der Waals surface area contributed by atoms with Crippen molar-refractivity contribution >= 4 is 0 Å². The van der Waals surface area contributed by atoms with Gasteiger partial charge in [0.1, 0.15) is 0 Å². The van der Waals surface area contributed by atoms with E-state index in [0.717, 1.165) is 17.8 Å². The van der Waals surface area contributed by atoms with E-state index in [-0.39, 0.29) is 0 Å². The van der Waals surface area contributed by atoms with Gasteiger partial charge in [0.05, 0.1) is 0 Å². The molecule has 0 bridgehead atoms. The Morgan fingerprint density at radius 3 is 0.744 bits per heavy atom. The van der Waals surface area contributed by atoms with Crippen LogP contribution >= 0.6 is 0 Å². The van der Waals surface area contributed by atoms with Gasteiger partial charge >= 0.3 is 0 Å². The van der Waals surface area contributed by atoms with E-state index < -0.39 is 0 Å². The first-order valence-electron chi connectivity index (χ1n) is 21.1. The quantitative estimate of drug-likeness (QED) is 0.0619. The minimum atomic E-state index is 0.923. The van der Waals surface area contributed by atoms with Crippen LogP contribution in [0.3, 0.4) is 0 Å². The van der Waals surface area contributed by atoms with E-state index in [0.29, 0.717) is 0 Å². The van der Waals surface area contributed by atoms with Crippen LogP contribution in [0.5, 0.6) is 0 Å². The van der Waals surface area contributed by atoms with Gasteiger partial charge in [0.25, 0.3) is 0 Å². The number of hydrogen-bond donors (Lipinski definition) is 0. The lowest BCUT2D eigenvalue weighted by atomic mass is 9.91. The second kappa shape index (κ2) is 36.5. The molecule has 0 heterocycles. The smallest absolute Gasteiger partial charge is 0.0440 e. The summed E-state index contributed by atoms with van der Waals surface area (Å²) in [6, 6.07) is 0. The monoisotopic (exact) mass is 605 g/mol. The molecule has 43 heavy (non-hydrogen) atoms. The lowest BCUT2D eigenvalue weighted by Gasteiger charge is -2.15. The Morgan fingerprint density at radius 2 is 0.488 bits per heavy atom. The molecule has 0 nitrogen and oxygen atoms in total. The van der Waals surface area contributed by atoms with Crippen LogP contribution in [0, 0.1) is 17.8 Å². The second-order valence-electron chi connectivity index (χ2n) is 15.6. The molecule has 0 amide bonds. The van der Waals surface area contributed by atoms with E-state index in [4.69, 9.17) is 0 Å². The second-order valence-corrected chi connectivity index (χ2v) is 15.6. The first kappa shape index (κ1) is 43.0. The summed E-state index contributed by atoms with van der Waals surface area (Å²) in [5, 5.41) is 0. The molecule has 0 aliphatic carbocycles. The van der Waals surface area contributed by atoms with Crippen LogP contribution in [-0.2, 0) is 0 Å². The first-order valence-corrected chi connectivity index (χ1v) is 21.1. The van der Waals surface area contributed by atoms with Crippen LogP contribution in [0.4, 0.5) is 0 Å². The van der Waals surface area contributed by atoms with Crippen molar-refractivity contribution < 1.29 is 0 Å². The van der Waals surface area contributed by atoms with Crippen molar-refractivity contribution in [3.05, 3.63) is 0 Å². The third-order valence-corrected chi connectivity index (χ3v) is 10.7. The van der Waals surface area contributed by atoms with Crippen molar-refractivity contribution in [2.45, 2.75) is 259 Å². The molecule has 0 fully saturated rings. The Balaban J connectivity index is 3.18. The molecular formula is C43H88.